The maximum atomic E-state index is 5.88. The van der Waals surface area contributed by atoms with Gasteiger partial charge < -0.3 is 15.4 Å². The molecule has 3 nitrogen and oxygen atoms in total. The zero-order valence-corrected chi connectivity index (χ0v) is 11.4. The molecule has 1 aliphatic heterocycles. The van der Waals surface area contributed by atoms with Gasteiger partial charge in [-0.25, -0.2) is 0 Å². The Labute approximate surface area is 106 Å². The highest BCUT2D eigenvalue weighted by Gasteiger charge is 2.44. The molecule has 0 aromatic heterocycles. The average molecular weight is 240 g/mol. The molecule has 0 unspecified atom stereocenters. The van der Waals surface area contributed by atoms with Gasteiger partial charge in [0.25, 0.3) is 0 Å². The minimum Gasteiger partial charge on any atom is -0.377 e. The lowest BCUT2D eigenvalue weighted by Gasteiger charge is -2.24. The van der Waals surface area contributed by atoms with Crippen molar-refractivity contribution in [3.63, 3.8) is 0 Å². The van der Waals surface area contributed by atoms with Crippen LogP contribution in [-0.4, -0.2) is 38.9 Å². The standard InChI is InChI=1S/C14H28N2O/c1-12(2)14(5-6-14)11-16-9-10-17-13-3-7-15-8-4-13/h12-13,15-16H,3-11H2,1-2H3. The fraction of sp³-hybridized carbons (Fsp3) is 1.00. The Hall–Kier alpha value is -0.120. The van der Waals surface area contributed by atoms with Crippen LogP contribution in [0.15, 0.2) is 0 Å². The second-order valence-electron chi connectivity index (χ2n) is 6.01. The number of piperidine rings is 1. The van der Waals surface area contributed by atoms with Crippen LogP contribution in [0.2, 0.25) is 0 Å². The summed E-state index contributed by atoms with van der Waals surface area (Å²) in [5, 5.41) is 6.93. The van der Waals surface area contributed by atoms with Crippen LogP contribution in [-0.2, 0) is 4.74 Å². The van der Waals surface area contributed by atoms with Gasteiger partial charge in [-0.05, 0) is 50.1 Å². The highest BCUT2D eigenvalue weighted by atomic mass is 16.5. The first-order valence-corrected chi connectivity index (χ1v) is 7.26. The molecule has 1 aliphatic carbocycles. The van der Waals surface area contributed by atoms with Crippen molar-refractivity contribution >= 4 is 0 Å². The molecule has 1 heterocycles. The first kappa shape index (κ1) is 13.3. The van der Waals surface area contributed by atoms with Gasteiger partial charge in [-0.3, -0.25) is 0 Å². The normalized spacial score (nSPS) is 24.2. The van der Waals surface area contributed by atoms with E-state index in [1.54, 1.807) is 0 Å². The first-order valence-electron chi connectivity index (χ1n) is 7.26. The number of rotatable bonds is 7. The molecular formula is C14H28N2O. The summed E-state index contributed by atoms with van der Waals surface area (Å²) >= 11 is 0. The van der Waals surface area contributed by atoms with Gasteiger partial charge in [0, 0.05) is 13.1 Å². The minimum absolute atomic E-state index is 0.498. The van der Waals surface area contributed by atoms with Crippen LogP contribution in [0, 0.1) is 11.3 Å². The monoisotopic (exact) mass is 240 g/mol. The molecule has 0 bridgehead atoms. The minimum atomic E-state index is 0.498. The summed E-state index contributed by atoms with van der Waals surface area (Å²) in [5.74, 6) is 0.820. The van der Waals surface area contributed by atoms with Crippen LogP contribution in [0.3, 0.4) is 0 Å². The molecule has 0 atom stereocenters. The molecule has 2 fully saturated rings. The van der Waals surface area contributed by atoms with Crippen LogP contribution in [0.5, 0.6) is 0 Å². The number of hydrogen-bond donors (Lipinski definition) is 2. The van der Waals surface area contributed by atoms with E-state index in [0.29, 0.717) is 11.5 Å². The molecule has 0 aromatic carbocycles. The predicted octanol–water partition coefficient (Wildman–Crippen LogP) is 1.78. The molecule has 0 radical (unpaired) electrons. The summed E-state index contributed by atoms with van der Waals surface area (Å²) in [6.07, 6.45) is 5.67. The molecule has 2 N–H and O–H groups in total. The summed E-state index contributed by atoms with van der Waals surface area (Å²) < 4.78 is 5.88. The lowest BCUT2D eigenvalue weighted by atomic mass is 9.92. The van der Waals surface area contributed by atoms with Crippen LogP contribution in [0.4, 0.5) is 0 Å². The summed E-state index contributed by atoms with van der Waals surface area (Å²) in [7, 11) is 0. The Morgan fingerprint density at radius 3 is 2.59 bits per heavy atom. The Bertz CT molecular complexity index is 220. The number of ether oxygens (including phenoxy) is 1. The molecule has 0 aromatic rings. The Morgan fingerprint density at radius 2 is 2.00 bits per heavy atom. The fourth-order valence-corrected chi connectivity index (χ4v) is 2.72. The number of hydrogen-bond acceptors (Lipinski definition) is 3. The summed E-state index contributed by atoms with van der Waals surface area (Å²) in [5.41, 5.74) is 0.620. The quantitative estimate of drug-likeness (QED) is 0.666. The lowest BCUT2D eigenvalue weighted by Crippen LogP contribution is -2.35. The van der Waals surface area contributed by atoms with Crippen LogP contribution >= 0.6 is 0 Å². The predicted molar refractivity (Wildman–Crippen MR) is 71.2 cm³/mol. The molecule has 3 heteroatoms. The van der Waals surface area contributed by atoms with Gasteiger partial charge in [0.1, 0.15) is 0 Å². The molecule has 0 amide bonds. The van der Waals surface area contributed by atoms with E-state index in [1.807, 2.05) is 0 Å². The fourth-order valence-electron chi connectivity index (χ4n) is 2.72. The number of nitrogens with one attached hydrogen (secondary N) is 2. The maximum absolute atomic E-state index is 5.88. The van der Waals surface area contributed by atoms with Crippen molar-refractivity contribution in [2.45, 2.75) is 45.6 Å². The molecule has 2 aliphatic rings. The van der Waals surface area contributed by atoms with Gasteiger partial charge in [-0.15, -0.1) is 0 Å². The molecule has 1 saturated heterocycles. The molecule has 100 valence electrons. The van der Waals surface area contributed by atoms with Gasteiger partial charge >= 0.3 is 0 Å². The second kappa shape index (κ2) is 6.17. The molecular weight excluding hydrogens is 212 g/mol. The van der Waals surface area contributed by atoms with Crippen molar-refractivity contribution in [3.05, 3.63) is 0 Å². The van der Waals surface area contributed by atoms with Gasteiger partial charge in [0.05, 0.1) is 12.7 Å². The van der Waals surface area contributed by atoms with E-state index in [4.69, 9.17) is 4.74 Å². The third-order valence-electron chi connectivity index (χ3n) is 4.51. The largest absolute Gasteiger partial charge is 0.377 e. The first-order chi connectivity index (χ1) is 8.23. The van der Waals surface area contributed by atoms with E-state index in [-0.39, 0.29) is 0 Å². The van der Waals surface area contributed by atoms with Crippen molar-refractivity contribution in [1.29, 1.82) is 0 Å². The van der Waals surface area contributed by atoms with E-state index in [2.05, 4.69) is 24.5 Å². The Balaban J connectivity index is 1.49. The second-order valence-corrected chi connectivity index (χ2v) is 6.01. The SMILES string of the molecule is CC(C)C1(CNCCOC2CCNCC2)CC1. The van der Waals surface area contributed by atoms with Crippen LogP contribution in [0.25, 0.3) is 0 Å². The van der Waals surface area contributed by atoms with Crippen LogP contribution < -0.4 is 10.6 Å². The summed E-state index contributed by atoms with van der Waals surface area (Å²) in [4.78, 5) is 0. The zero-order chi connectivity index (χ0) is 12.1. The average Bonchev–Trinajstić information content (AvgIpc) is 3.11. The highest BCUT2D eigenvalue weighted by Crippen LogP contribution is 2.51. The van der Waals surface area contributed by atoms with Gasteiger partial charge in [0.15, 0.2) is 0 Å². The van der Waals surface area contributed by atoms with Crippen LogP contribution in [0.1, 0.15) is 39.5 Å². The van der Waals surface area contributed by atoms with Crippen molar-refractivity contribution in [3.8, 4) is 0 Å². The van der Waals surface area contributed by atoms with E-state index >= 15 is 0 Å². The van der Waals surface area contributed by atoms with Crippen molar-refractivity contribution in [2.75, 3.05) is 32.8 Å². The van der Waals surface area contributed by atoms with E-state index in [1.165, 1.54) is 32.2 Å². The van der Waals surface area contributed by atoms with E-state index < -0.39 is 0 Å². The maximum Gasteiger partial charge on any atom is 0.0600 e. The third-order valence-corrected chi connectivity index (χ3v) is 4.51. The summed E-state index contributed by atoms with van der Waals surface area (Å²) in [6.45, 7) is 10.0. The third kappa shape index (κ3) is 3.94. The van der Waals surface area contributed by atoms with E-state index in [0.717, 1.165) is 32.2 Å². The van der Waals surface area contributed by atoms with Gasteiger partial charge in [-0.2, -0.15) is 0 Å². The van der Waals surface area contributed by atoms with Gasteiger partial charge in [0.2, 0.25) is 0 Å². The molecule has 0 spiro atoms. The molecule has 2 rings (SSSR count). The summed E-state index contributed by atoms with van der Waals surface area (Å²) in [6, 6.07) is 0. The Morgan fingerprint density at radius 1 is 1.29 bits per heavy atom. The van der Waals surface area contributed by atoms with E-state index in [9.17, 15) is 0 Å². The zero-order valence-electron chi connectivity index (χ0n) is 11.4. The van der Waals surface area contributed by atoms with Gasteiger partial charge in [-0.1, -0.05) is 13.8 Å². The lowest BCUT2D eigenvalue weighted by molar-refractivity contribution is 0.0342. The van der Waals surface area contributed by atoms with Crippen molar-refractivity contribution < 1.29 is 4.74 Å². The Kier molecular flexibility index (Phi) is 4.83. The van der Waals surface area contributed by atoms with Crippen molar-refractivity contribution in [2.24, 2.45) is 11.3 Å². The highest BCUT2D eigenvalue weighted by molar-refractivity contribution is 4.96. The van der Waals surface area contributed by atoms with Crippen molar-refractivity contribution in [1.82, 2.24) is 10.6 Å². The molecule has 1 saturated carbocycles. The molecule has 17 heavy (non-hydrogen) atoms. The topological polar surface area (TPSA) is 33.3 Å². The smallest absolute Gasteiger partial charge is 0.0600 e.